The second kappa shape index (κ2) is 6.62. The molecule has 0 saturated heterocycles. The number of nitrogens with one attached hydrogen (secondary N) is 1. The largest absolute Gasteiger partial charge is 0.480 e. The van der Waals surface area contributed by atoms with Gasteiger partial charge in [0.2, 0.25) is 5.91 Å². The molecule has 0 radical (unpaired) electrons. The number of amides is 2. The molecule has 2 amide bonds. The van der Waals surface area contributed by atoms with Gasteiger partial charge < -0.3 is 10.4 Å². The molecule has 0 saturated carbocycles. The summed E-state index contributed by atoms with van der Waals surface area (Å²) in [5, 5.41) is 11.7. The Morgan fingerprint density at radius 1 is 1.38 bits per heavy atom. The molecule has 2 N–H and O–H groups in total. The molecule has 1 aromatic rings. The Bertz CT molecular complexity index is 576. The van der Waals surface area contributed by atoms with Crippen LogP contribution < -0.4 is 10.2 Å². The van der Waals surface area contributed by atoms with Crippen LogP contribution in [0.3, 0.4) is 0 Å². The van der Waals surface area contributed by atoms with Crippen LogP contribution in [0.15, 0.2) is 24.3 Å². The summed E-state index contributed by atoms with van der Waals surface area (Å²) < 4.78 is 0. The van der Waals surface area contributed by atoms with Crippen molar-refractivity contribution >= 4 is 35.2 Å². The van der Waals surface area contributed by atoms with Gasteiger partial charge in [0, 0.05) is 0 Å². The minimum atomic E-state index is -1.11. The van der Waals surface area contributed by atoms with Crippen LogP contribution in [0, 0.1) is 0 Å². The molecule has 21 heavy (non-hydrogen) atoms. The van der Waals surface area contributed by atoms with Crippen LogP contribution in [0.4, 0.5) is 5.69 Å². The average molecular weight is 308 g/mol. The molecular formula is C14H16N2O4S. The van der Waals surface area contributed by atoms with E-state index in [1.165, 1.54) is 4.90 Å². The summed E-state index contributed by atoms with van der Waals surface area (Å²) in [5.74, 6) is -1.15. The molecule has 0 fully saturated rings. The topological polar surface area (TPSA) is 86.7 Å². The zero-order valence-electron chi connectivity index (χ0n) is 11.5. The van der Waals surface area contributed by atoms with Crippen molar-refractivity contribution in [3.63, 3.8) is 0 Å². The van der Waals surface area contributed by atoms with Crippen molar-refractivity contribution in [2.75, 3.05) is 23.5 Å². The lowest BCUT2D eigenvalue weighted by Gasteiger charge is -2.23. The van der Waals surface area contributed by atoms with Crippen LogP contribution in [-0.2, 0) is 9.59 Å². The van der Waals surface area contributed by atoms with Gasteiger partial charge in [-0.15, -0.1) is 0 Å². The Hall–Kier alpha value is -2.02. The normalized spacial score (nSPS) is 18.0. The first-order valence-corrected chi connectivity index (χ1v) is 7.86. The van der Waals surface area contributed by atoms with Crippen molar-refractivity contribution in [2.24, 2.45) is 0 Å². The molecular weight excluding hydrogens is 292 g/mol. The number of rotatable bonds is 5. The smallest absolute Gasteiger partial charge is 0.323 e. The highest BCUT2D eigenvalue weighted by atomic mass is 32.2. The maximum Gasteiger partial charge on any atom is 0.323 e. The summed E-state index contributed by atoms with van der Waals surface area (Å²) in [7, 11) is 0. The Kier molecular flexibility index (Phi) is 4.85. The monoisotopic (exact) mass is 308 g/mol. The van der Waals surface area contributed by atoms with Gasteiger partial charge in [0.05, 0.1) is 11.3 Å². The van der Waals surface area contributed by atoms with Crippen molar-refractivity contribution in [3.8, 4) is 0 Å². The second-order valence-corrected chi connectivity index (χ2v) is 5.63. The number of hydrogen-bond donors (Lipinski definition) is 2. The maximum absolute atomic E-state index is 12.5. The predicted octanol–water partition coefficient (Wildman–Crippen LogP) is 0.969. The fraction of sp³-hybridized carbons (Fsp3) is 0.357. The van der Waals surface area contributed by atoms with Crippen LogP contribution >= 0.6 is 11.8 Å². The van der Waals surface area contributed by atoms with E-state index in [0.29, 0.717) is 23.4 Å². The lowest BCUT2D eigenvalue weighted by molar-refractivity contribution is -0.136. The molecule has 6 nitrogen and oxygen atoms in total. The van der Waals surface area contributed by atoms with Crippen molar-refractivity contribution in [3.05, 3.63) is 29.8 Å². The van der Waals surface area contributed by atoms with E-state index in [0.717, 1.165) is 0 Å². The van der Waals surface area contributed by atoms with Crippen molar-refractivity contribution < 1.29 is 19.5 Å². The molecule has 1 aliphatic heterocycles. The van der Waals surface area contributed by atoms with Gasteiger partial charge in [-0.05, 0) is 30.6 Å². The number of carbonyl (C=O) groups is 3. The number of hydrogen-bond acceptors (Lipinski definition) is 4. The molecule has 0 aromatic heterocycles. The lowest BCUT2D eigenvalue weighted by atomic mass is 10.1. The number of carboxylic acid groups (broad SMARTS) is 1. The highest BCUT2D eigenvalue weighted by Gasteiger charge is 2.34. The molecule has 7 heteroatoms. The summed E-state index contributed by atoms with van der Waals surface area (Å²) in [6.07, 6.45) is 2.38. The van der Waals surface area contributed by atoms with Crippen molar-refractivity contribution in [2.45, 2.75) is 12.5 Å². The van der Waals surface area contributed by atoms with E-state index in [2.05, 4.69) is 5.32 Å². The maximum atomic E-state index is 12.5. The van der Waals surface area contributed by atoms with E-state index < -0.39 is 18.6 Å². The fourth-order valence-corrected chi connectivity index (χ4v) is 2.71. The fourth-order valence-electron chi connectivity index (χ4n) is 2.24. The van der Waals surface area contributed by atoms with Gasteiger partial charge >= 0.3 is 5.97 Å². The number of nitrogens with zero attached hydrogens (tertiary/aromatic N) is 1. The number of carboxylic acids is 1. The predicted molar refractivity (Wildman–Crippen MR) is 80.7 cm³/mol. The molecule has 0 unspecified atom stereocenters. The highest BCUT2D eigenvalue weighted by Crippen LogP contribution is 2.24. The molecule has 1 aliphatic rings. The van der Waals surface area contributed by atoms with Crippen LogP contribution in [0.25, 0.3) is 0 Å². The van der Waals surface area contributed by atoms with E-state index in [1.807, 2.05) is 6.26 Å². The molecule has 1 heterocycles. The van der Waals surface area contributed by atoms with Gasteiger partial charge in [0.15, 0.2) is 0 Å². The third kappa shape index (κ3) is 3.36. The molecule has 1 atom stereocenters. The zero-order chi connectivity index (χ0) is 15.4. The average Bonchev–Trinajstić information content (AvgIpc) is 2.56. The van der Waals surface area contributed by atoms with E-state index in [-0.39, 0.29) is 11.8 Å². The first kappa shape index (κ1) is 15.4. The summed E-state index contributed by atoms with van der Waals surface area (Å²) in [5.41, 5.74) is 0.660. The number of para-hydroxylation sites is 1. The minimum absolute atomic E-state index is 0.318. The number of fused-ring (bicyclic) bond motifs is 1. The van der Waals surface area contributed by atoms with Gasteiger partial charge in [0.25, 0.3) is 5.91 Å². The Morgan fingerprint density at radius 2 is 2.10 bits per heavy atom. The standard InChI is InChI=1S/C14H16N2O4S/c1-21-7-6-10-14(20)16(8-12(17)18)11-5-3-2-4-9(11)13(19)15-10/h2-5,10H,6-8H2,1H3,(H,15,19)(H,17,18)/t10-/m0/s1. The van der Waals surface area contributed by atoms with Crippen LogP contribution in [0.2, 0.25) is 0 Å². The number of thioether (sulfide) groups is 1. The summed E-state index contributed by atoms with van der Waals surface area (Å²) in [6, 6.07) is 5.84. The number of benzene rings is 1. The van der Waals surface area contributed by atoms with Crippen molar-refractivity contribution in [1.82, 2.24) is 5.32 Å². The lowest BCUT2D eigenvalue weighted by Crippen LogP contribution is -2.47. The van der Waals surface area contributed by atoms with Crippen LogP contribution in [0.5, 0.6) is 0 Å². The number of carbonyl (C=O) groups excluding carboxylic acids is 2. The first-order chi connectivity index (χ1) is 10.0. The van der Waals surface area contributed by atoms with Gasteiger partial charge in [-0.1, -0.05) is 12.1 Å². The second-order valence-electron chi connectivity index (χ2n) is 4.64. The third-order valence-corrected chi connectivity index (χ3v) is 3.86. The van der Waals surface area contributed by atoms with Gasteiger partial charge in [-0.3, -0.25) is 19.3 Å². The SMILES string of the molecule is CSCC[C@@H]1NC(=O)c2ccccc2N(CC(=O)O)C1=O. The van der Waals surface area contributed by atoms with E-state index >= 15 is 0 Å². The van der Waals surface area contributed by atoms with E-state index in [9.17, 15) is 14.4 Å². The molecule has 0 spiro atoms. The zero-order valence-corrected chi connectivity index (χ0v) is 12.4. The third-order valence-electron chi connectivity index (χ3n) is 3.21. The van der Waals surface area contributed by atoms with Gasteiger partial charge in [-0.25, -0.2) is 0 Å². The quantitative estimate of drug-likeness (QED) is 0.846. The van der Waals surface area contributed by atoms with Crippen molar-refractivity contribution in [1.29, 1.82) is 0 Å². The van der Waals surface area contributed by atoms with Crippen LogP contribution in [0.1, 0.15) is 16.8 Å². The van der Waals surface area contributed by atoms with E-state index in [1.54, 1.807) is 36.0 Å². The highest BCUT2D eigenvalue weighted by molar-refractivity contribution is 7.98. The molecule has 2 rings (SSSR count). The molecule has 1 aromatic carbocycles. The minimum Gasteiger partial charge on any atom is -0.480 e. The summed E-state index contributed by atoms with van der Waals surface area (Å²) in [4.78, 5) is 36.9. The van der Waals surface area contributed by atoms with E-state index in [4.69, 9.17) is 5.11 Å². The van der Waals surface area contributed by atoms with Crippen LogP contribution in [-0.4, -0.2) is 47.5 Å². The van der Waals surface area contributed by atoms with Gasteiger partial charge in [0.1, 0.15) is 12.6 Å². The summed E-state index contributed by atoms with van der Waals surface area (Å²) in [6.45, 7) is -0.458. The molecule has 112 valence electrons. The molecule has 0 aliphatic carbocycles. The Labute approximate surface area is 126 Å². The summed E-state index contributed by atoms with van der Waals surface area (Å²) >= 11 is 1.57. The van der Waals surface area contributed by atoms with Gasteiger partial charge in [-0.2, -0.15) is 11.8 Å². The first-order valence-electron chi connectivity index (χ1n) is 6.46. The Morgan fingerprint density at radius 3 is 2.76 bits per heavy atom. The Balaban J connectivity index is 2.41. The number of aliphatic carboxylic acids is 1. The molecule has 0 bridgehead atoms. The number of anilines is 1.